The fraction of sp³-hybridized carbons (Fsp3) is 0.368. The minimum absolute atomic E-state index is 0.0657. The maximum Gasteiger partial charge on any atom is 0.350 e. The van der Waals surface area contributed by atoms with Crippen molar-refractivity contribution in [1.29, 1.82) is 0 Å². The first kappa shape index (κ1) is 19.8. The van der Waals surface area contributed by atoms with E-state index < -0.39 is 12.1 Å². The minimum Gasteiger partial charge on any atom is -0.450 e. The van der Waals surface area contributed by atoms with Gasteiger partial charge >= 0.3 is 5.97 Å². The lowest BCUT2D eigenvalue weighted by molar-refractivity contribution is -0.116. The summed E-state index contributed by atoms with van der Waals surface area (Å²) in [5.74, 6) is -0.912. The van der Waals surface area contributed by atoms with Gasteiger partial charge in [0.2, 0.25) is 11.7 Å². The Balaban J connectivity index is 2.00. The molecule has 1 unspecified atom stereocenters. The summed E-state index contributed by atoms with van der Waals surface area (Å²) in [5.41, 5.74) is 1.64. The third-order valence-corrected chi connectivity index (χ3v) is 4.73. The van der Waals surface area contributed by atoms with Crippen LogP contribution in [0.25, 0.3) is 0 Å². The number of aromatic nitrogens is 1. The van der Waals surface area contributed by atoms with E-state index in [4.69, 9.17) is 4.74 Å². The molecule has 7 heteroatoms. The van der Waals surface area contributed by atoms with Crippen LogP contribution in [0.3, 0.4) is 0 Å². The van der Waals surface area contributed by atoms with Gasteiger partial charge in [0, 0.05) is 17.7 Å². The van der Waals surface area contributed by atoms with Crippen LogP contribution in [-0.4, -0.2) is 28.7 Å². The fourth-order valence-corrected chi connectivity index (χ4v) is 3.19. The van der Waals surface area contributed by atoms with Crippen molar-refractivity contribution in [3.63, 3.8) is 0 Å². The van der Waals surface area contributed by atoms with Crippen LogP contribution >= 0.6 is 11.3 Å². The molecule has 0 radical (unpaired) electrons. The molecule has 1 heterocycles. The Bertz CT molecular complexity index is 811. The number of Topliss-reactive ketones (excluding diaryl/α,β-unsaturated/α-hetero) is 1. The second-order valence-corrected chi connectivity index (χ2v) is 7.14. The number of thiazole rings is 1. The lowest BCUT2D eigenvalue weighted by Crippen LogP contribution is -2.24. The Labute approximate surface area is 156 Å². The number of carbonyl (C=O) groups excluding carboxylic acids is 3. The summed E-state index contributed by atoms with van der Waals surface area (Å²) in [6.07, 6.45) is 0.304. The van der Waals surface area contributed by atoms with E-state index in [9.17, 15) is 14.4 Å². The summed E-state index contributed by atoms with van der Waals surface area (Å²) in [6.45, 7) is 7.02. The monoisotopic (exact) mass is 374 g/mol. The number of amides is 1. The zero-order valence-corrected chi connectivity index (χ0v) is 16.1. The Morgan fingerprint density at radius 2 is 1.85 bits per heavy atom. The summed E-state index contributed by atoms with van der Waals surface area (Å²) in [5, 5.41) is 3.53. The molecule has 1 atom stereocenters. The van der Waals surface area contributed by atoms with Crippen LogP contribution in [0.4, 0.5) is 5.69 Å². The Morgan fingerprint density at radius 1 is 1.19 bits per heavy atom. The average Bonchev–Trinajstić information content (AvgIpc) is 2.93. The van der Waals surface area contributed by atoms with Gasteiger partial charge in [0.05, 0.1) is 10.7 Å². The topological polar surface area (TPSA) is 85.4 Å². The lowest BCUT2D eigenvalue weighted by Gasteiger charge is -2.12. The number of hydrogen-bond acceptors (Lipinski definition) is 6. The molecule has 1 aromatic heterocycles. The second kappa shape index (κ2) is 8.71. The van der Waals surface area contributed by atoms with Crippen molar-refractivity contribution < 1.29 is 19.1 Å². The van der Waals surface area contributed by atoms with E-state index in [-0.39, 0.29) is 11.7 Å². The maximum atomic E-state index is 12.5. The van der Waals surface area contributed by atoms with E-state index in [0.717, 1.165) is 11.4 Å². The van der Waals surface area contributed by atoms with Crippen molar-refractivity contribution in [3.05, 3.63) is 45.4 Å². The van der Waals surface area contributed by atoms with E-state index in [1.165, 1.54) is 11.3 Å². The normalized spacial score (nSPS) is 11.7. The van der Waals surface area contributed by atoms with Crippen molar-refractivity contribution in [2.45, 2.75) is 46.6 Å². The fourth-order valence-electron chi connectivity index (χ4n) is 2.39. The zero-order valence-electron chi connectivity index (χ0n) is 15.3. The Kier molecular flexibility index (Phi) is 6.63. The van der Waals surface area contributed by atoms with Crippen LogP contribution in [0.1, 0.15) is 57.4 Å². The maximum absolute atomic E-state index is 12.5. The number of benzene rings is 1. The summed E-state index contributed by atoms with van der Waals surface area (Å²) in [6, 6.07) is 6.53. The number of ketones is 1. The summed E-state index contributed by atoms with van der Waals surface area (Å²) < 4.78 is 5.29. The molecule has 1 aromatic carbocycles. The molecular formula is C19H22N2O4S. The molecule has 0 bridgehead atoms. The molecule has 26 heavy (non-hydrogen) atoms. The van der Waals surface area contributed by atoms with Gasteiger partial charge in [-0.2, -0.15) is 0 Å². The molecule has 1 N–H and O–H groups in total. The molecule has 0 saturated carbocycles. The number of nitrogens with one attached hydrogen (secondary N) is 1. The standard InChI is InChI=1S/C19H22N2O4S/c1-5-6-16(22)21-15-9-7-14(8-10-15)17(23)12(3)25-19(24)18-11(2)20-13(4)26-18/h7-10,12H,5-6H2,1-4H3,(H,21,22). The molecule has 0 spiro atoms. The second-order valence-electron chi connectivity index (χ2n) is 5.93. The van der Waals surface area contributed by atoms with Crippen LogP contribution < -0.4 is 5.32 Å². The van der Waals surface area contributed by atoms with Crippen LogP contribution in [0.2, 0.25) is 0 Å². The average molecular weight is 374 g/mol. The van der Waals surface area contributed by atoms with Gasteiger partial charge in [-0.15, -0.1) is 11.3 Å². The van der Waals surface area contributed by atoms with Gasteiger partial charge in [0.15, 0.2) is 6.10 Å². The third kappa shape index (κ3) is 4.98. The lowest BCUT2D eigenvalue weighted by atomic mass is 10.1. The largest absolute Gasteiger partial charge is 0.450 e. The number of anilines is 1. The van der Waals surface area contributed by atoms with Gasteiger partial charge in [-0.3, -0.25) is 9.59 Å². The highest BCUT2D eigenvalue weighted by atomic mass is 32.1. The van der Waals surface area contributed by atoms with Gasteiger partial charge in [-0.1, -0.05) is 6.92 Å². The van der Waals surface area contributed by atoms with Crippen molar-refractivity contribution >= 4 is 34.7 Å². The smallest absolute Gasteiger partial charge is 0.350 e. The zero-order chi connectivity index (χ0) is 19.3. The van der Waals surface area contributed by atoms with Crippen molar-refractivity contribution in [3.8, 4) is 0 Å². The van der Waals surface area contributed by atoms with E-state index in [2.05, 4.69) is 10.3 Å². The molecule has 0 saturated heterocycles. The van der Waals surface area contributed by atoms with Gasteiger partial charge in [-0.05, 0) is 51.5 Å². The van der Waals surface area contributed by atoms with Crippen molar-refractivity contribution in [2.75, 3.05) is 5.32 Å². The summed E-state index contributed by atoms with van der Waals surface area (Å²) >= 11 is 1.25. The highest BCUT2D eigenvalue weighted by molar-refractivity contribution is 7.13. The predicted molar refractivity (Wildman–Crippen MR) is 101 cm³/mol. The summed E-state index contributed by atoms with van der Waals surface area (Å²) in [4.78, 5) is 40.9. The molecule has 0 fully saturated rings. The number of ether oxygens (including phenoxy) is 1. The van der Waals surface area contributed by atoms with Crippen LogP contribution in [0, 0.1) is 13.8 Å². The molecule has 0 aliphatic rings. The quantitative estimate of drug-likeness (QED) is 0.586. The number of carbonyl (C=O) groups is 3. The Hall–Kier alpha value is -2.54. The molecule has 2 aromatic rings. The third-order valence-electron chi connectivity index (χ3n) is 3.67. The molecular weight excluding hydrogens is 352 g/mol. The number of nitrogens with zero attached hydrogens (tertiary/aromatic N) is 1. The highest BCUT2D eigenvalue weighted by Gasteiger charge is 2.23. The molecule has 6 nitrogen and oxygen atoms in total. The minimum atomic E-state index is -0.912. The first-order valence-corrected chi connectivity index (χ1v) is 9.22. The first-order chi connectivity index (χ1) is 12.3. The van der Waals surface area contributed by atoms with Gasteiger partial charge in [-0.25, -0.2) is 9.78 Å². The molecule has 138 valence electrons. The van der Waals surface area contributed by atoms with Gasteiger partial charge < -0.3 is 10.1 Å². The van der Waals surface area contributed by atoms with Gasteiger partial charge in [0.25, 0.3) is 0 Å². The molecule has 0 aliphatic carbocycles. The molecule has 0 aliphatic heterocycles. The van der Waals surface area contributed by atoms with Crippen LogP contribution in [0.5, 0.6) is 0 Å². The number of esters is 1. The van der Waals surface area contributed by atoms with Crippen molar-refractivity contribution in [2.24, 2.45) is 0 Å². The van der Waals surface area contributed by atoms with Gasteiger partial charge in [0.1, 0.15) is 4.88 Å². The van der Waals surface area contributed by atoms with E-state index >= 15 is 0 Å². The SMILES string of the molecule is CCCC(=O)Nc1ccc(C(=O)C(C)OC(=O)c2sc(C)nc2C)cc1. The van der Waals surface area contributed by atoms with Crippen LogP contribution in [-0.2, 0) is 9.53 Å². The highest BCUT2D eigenvalue weighted by Crippen LogP contribution is 2.20. The first-order valence-electron chi connectivity index (χ1n) is 8.41. The number of aryl methyl sites for hydroxylation is 2. The van der Waals surface area contributed by atoms with Crippen LogP contribution in [0.15, 0.2) is 24.3 Å². The van der Waals surface area contributed by atoms with E-state index in [1.54, 1.807) is 38.1 Å². The molecule has 2 rings (SSSR count). The van der Waals surface area contributed by atoms with Crippen molar-refractivity contribution in [1.82, 2.24) is 4.98 Å². The van der Waals surface area contributed by atoms with E-state index in [1.807, 2.05) is 13.8 Å². The number of rotatable bonds is 7. The summed E-state index contributed by atoms with van der Waals surface area (Å²) in [7, 11) is 0. The van der Waals surface area contributed by atoms with E-state index in [0.29, 0.717) is 28.2 Å². The Morgan fingerprint density at radius 3 is 2.38 bits per heavy atom. The predicted octanol–water partition coefficient (Wildman–Crippen LogP) is 3.93. The number of hydrogen-bond donors (Lipinski definition) is 1. The molecule has 1 amide bonds.